The van der Waals surface area contributed by atoms with Crippen LogP contribution in [0.5, 0.6) is 5.75 Å². The lowest BCUT2D eigenvalue weighted by Gasteiger charge is -2.05. The molecule has 0 aromatic carbocycles. The standard InChI is InChI=1S/C8H10N2O3/c1-5(8(12)13)2-6-7(11)3-9-4-10-6/h3-5,11H,2H2,1H3,(H,12,13). The van der Waals surface area contributed by atoms with E-state index in [9.17, 15) is 9.90 Å². The molecule has 13 heavy (non-hydrogen) atoms. The molecular weight excluding hydrogens is 172 g/mol. The van der Waals surface area contributed by atoms with Crippen LogP contribution in [0.2, 0.25) is 0 Å². The maximum atomic E-state index is 10.5. The van der Waals surface area contributed by atoms with Gasteiger partial charge >= 0.3 is 5.97 Å². The molecular formula is C8H10N2O3. The third-order valence-corrected chi connectivity index (χ3v) is 1.69. The molecule has 0 aliphatic rings. The van der Waals surface area contributed by atoms with Crippen molar-refractivity contribution in [3.63, 3.8) is 0 Å². The summed E-state index contributed by atoms with van der Waals surface area (Å²) in [5.74, 6) is -1.52. The first-order chi connectivity index (χ1) is 6.11. The summed E-state index contributed by atoms with van der Waals surface area (Å²) >= 11 is 0. The van der Waals surface area contributed by atoms with E-state index in [2.05, 4.69) is 9.97 Å². The first-order valence-corrected chi connectivity index (χ1v) is 3.82. The van der Waals surface area contributed by atoms with E-state index in [1.807, 2.05) is 0 Å². The Morgan fingerprint density at radius 3 is 2.92 bits per heavy atom. The quantitative estimate of drug-likeness (QED) is 0.708. The number of hydrogen-bond donors (Lipinski definition) is 2. The zero-order chi connectivity index (χ0) is 9.84. The van der Waals surface area contributed by atoms with E-state index in [1.165, 1.54) is 12.5 Å². The molecule has 0 fully saturated rings. The number of aromatic nitrogens is 2. The van der Waals surface area contributed by atoms with Gasteiger partial charge in [-0.05, 0) is 0 Å². The van der Waals surface area contributed by atoms with Crippen LogP contribution in [0.4, 0.5) is 0 Å². The molecule has 5 nitrogen and oxygen atoms in total. The van der Waals surface area contributed by atoms with E-state index in [-0.39, 0.29) is 12.2 Å². The molecule has 1 heterocycles. The zero-order valence-electron chi connectivity index (χ0n) is 7.14. The van der Waals surface area contributed by atoms with Crippen LogP contribution >= 0.6 is 0 Å². The van der Waals surface area contributed by atoms with Gasteiger partial charge in [0.25, 0.3) is 0 Å². The van der Waals surface area contributed by atoms with Crippen molar-refractivity contribution in [2.45, 2.75) is 13.3 Å². The van der Waals surface area contributed by atoms with Gasteiger partial charge in [-0.25, -0.2) is 9.97 Å². The maximum Gasteiger partial charge on any atom is 0.306 e. The molecule has 0 aliphatic carbocycles. The minimum absolute atomic E-state index is 0.0596. The Kier molecular flexibility index (Phi) is 2.79. The summed E-state index contributed by atoms with van der Waals surface area (Å²) in [7, 11) is 0. The van der Waals surface area contributed by atoms with Crippen molar-refractivity contribution in [1.82, 2.24) is 9.97 Å². The highest BCUT2D eigenvalue weighted by molar-refractivity contribution is 5.69. The molecule has 1 atom stereocenters. The van der Waals surface area contributed by atoms with Crippen molar-refractivity contribution in [1.29, 1.82) is 0 Å². The van der Waals surface area contributed by atoms with Gasteiger partial charge in [0.15, 0.2) is 5.75 Å². The molecule has 0 amide bonds. The van der Waals surface area contributed by atoms with Crippen LogP contribution in [0.25, 0.3) is 0 Å². The van der Waals surface area contributed by atoms with E-state index in [4.69, 9.17) is 5.11 Å². The molecule has 1 aromatic heterocycles. The van der Waals surface area contributed by atoms with Crippen molar-refractivity contribution < 1.29 is 15.0 Å². The molecule has 70 valence electrons. The van der Waals surface area contributed by atoms with Gasteiger partial charge < -0.3 is 10.2 Å². The van der Waals surface area contributed by atoms with Crippen molar-refractivity contribution in [3.05, 3.63) is 18.2 Å². The highest BCUT2D eigenvalue weighted by Gasteiger charge is 2.14. The van der Waals surface area contributed by atoms with Crippen LogP contribution in [-0.4, -0.2) is 26.2 Å². The van der Waals surface area contributed by atoms with Gasteiger partial charge in [0.2, 0.25) is 0 Å². The number of aliphatic carboxylic acids is 1. The van der Waals surface area contributed by atoms with Gasteiger partial charge in [0.05, 0.1) is 17.8 Å². The normalized spacial score (nSPS) is 12.4. The highest BCUT2D eigenvalue weighted by Crippen LogP contribution is 2.15. The highest BCUT2D eigenvalue weighted by atomic mass is 16.4. The zero-order valence-corrected chi connectivity index (χ0v) is 7.14. The monoisotopic (exact) mass is 182 g/mol. The van der Waals surface area contributed by atoms with Gasteiger partial charge in [-0.15, -0.1) is 0 Å². The number of carboxylic acid groups (broad SMARTS) is 1. The summed E-state index contributed by atoms with van der Waals surface area (Å²) in [6.07, 6.45) is 2.74. The number of carbonyl (C=O) groups is 1. The van der Waals surface area contributed by atoms with E-state index < -0.39 is 11.9 Å². The fourth-order valence-electron chi connectivity index (χ4n) is 0.882. The summed E-state index contributed by atoms with van der Waals surface area (Å²) < 4.78 is 0. The SMILES string of the molecule is CC(Cc1ncncc1O)C(=O)O. The lowest BCUT2D eigenvalue weighted by Crippen LogP contribution is -2.13. The minimum atomic E-state index is -0.905. The molecule has 1 aromatic rings. The Hall–Kier alpha value is -1.65. The average Bonchev–Trinajstić information content (AvgIpc) is 2.08. The molecule has 5 heteroatoms. The largest absolute Gasteiger partial charge is 0.504 e. The van der Waals surface area contributed by atoms with E-state index in [0.717, 1.165) is 0 Å². The Bertz CT molecular complexity index is 314. The number of aromatic hydroxyl groups is 1. The molecule has 1 unspecified atom stereocenters. The lowest BCUT2D eigenvalue weighted by atomic mass is 10.1. The van der Waals surface area contributed by atoms with Crippen molar-refractivity contribution in [2.24, 2.45) is 5.92 Å². The van der Waals surface area contributed by atoms with E-state index in [1.54, 1.807) is 6.92 Å². The molecule has 0 radical (unpaired) electrons. The Morgan fingerprint density at radius 1 is 1.69 bits per heavy atom. The summed E-state index contributed by atoms with van der Waals surface area (Å²) in [4.78, 5) is 17.9. The maximum absolute atomic E-state index is 10.5. The van der Waals surface area contributed by atoms with Crippen LogP contribution in [0.3, 0.4) is 0 Å². The fourth-order valence-corrected chi connectivity index (χ4v) is 0.882. The van der Waals surface area contributed by atoms with Gasteiger partial charge in [0.1, 0.15) is 6.33 Å². The second kappa shape index (κ2) is 3.84. The second-order valence-corrected chi connectivity index (χ2v) is 2.80. The number of hydrogen-bond acceptors (Lipinski definition) is 4. The molecule has 0 bridgehead atoms. The first kappa shape index (κ1) is 9.44. The van der Waals surface area contributed by atoms with Crippen LogP contribution in [0, 0.1) is 5.92 Å². The summed E-state index contributed by atoms with van der Waals surface area (Å²) in [5, 5.41) is 17.8. The molecule has 0 aliphatic heterocycles. The number of rotatable bonds is 3. The number of nitrogens with zero attached hydrogens (tertiary/aromatic N) is 2. The van der Waals surface area contributed by atoms with Crippen molar-refractivity contribution >= 4 is 5.97 Å². The third-order valence-electron chi connectivity index (χ3n) is 1.69. The van der Waals surface area contributed by atoms with Crippen LogP contribution in [0.1, 0.15) is 12.6 Å². The van der Waals surface area contributed by atoms with Crippen molar-refractivity contribution in [2.75, 3.05) is 0 Å². The predicted octanol–water partition coefficient (Wildman–Crippen LogP) is 0.445. The fraction of sp³-hybridized carbons (Fsp3) is 0.375. The lowest BCUT2D eigenvalue weighted by molar-refractivity contribution is -0.141. The summed E-state index contributed by atoms with van der Waals surface area (Å²) in [6.45, 7) is 1.56. The van der Waals surface area contributed by atoms with E-state index in [0.29, 0.717) is 5.69 Å². The smallest absolute Gasteiger partial charge is 0.306 e. The summed E-state index contributed by atoms with van der Waals surface area (Å²) in [5.41, 5.74) is 0.366. The van der Waals surface area contributed by atoms with Gasteiger partial charge in [0, 0.05) is 6.42 Å². The Labute approximate surface area is 75.1 Å². The first-order valence-electron chi connectivity index (χ1n) is 3.82. The van der Waals surface area contributed by atoms with Crippen LogP contribution in [-0.2, 0) is 11.2 Å². The third kappa shape index (κ3) is 2.40. The second-order valence-electron chi connectivity index (χ2n) is 2.80. The van der Waals surface area contributed by atoms with Gasteiger partial charge in [-0.3, -0.25) is 4.79 Å². The van der Waals surface area contributed by atoms with Crippen LogP contribution in [0.15, 0.2) is 12.5 Å². The number of carboxylic acids is 1. The summed E-state index contributed by atoms with van der Waals surface area (Å²) in [6, 6.07) is 0. The molecule has 0 saturated carbocycles. The predicted molar refractivity (Wildman–Crippen MR) is 44.2 cm³/mol. The minimum Gasteiger partial charge on any atom is -0.504 e. The average molecular weight is 182 g/mol. The van der Waals surface area contributed by atoms with Crippen molar-refractivity contribution in [3.8, 4) is 5.75 Å². The van der Waals surface area contributed by atoms with Crippen LogP contribution < -0.4 is 0 Å². The van der Waals surface area contributed by atoms with Gasteiger partial charge in [-0.2, -0.15) is 0 Å². The molecule has 0 saturated heterocycles. The Morgan fingerprint density at radius 2 is 2.38 bits per heavy atom. The Balaban J connectivity index is 2.74. The topological polar surface area (TPSA) is 83.3 Å². The molecule has 2 N–H and O–H groups in total. The van der Waals surface area contributed by atoms with E-state index >= 15 is 0 Å². The molecule has 1 rings (SSSR count). The van der Waals surface area contributed by atoms with Gasteiger partial charge in [-0.1, -0.05) is 6.92 Å². The molecule has 0 spiro atoms.